The molecule has 0 aliphatic carbocycles. The molecule has 1 unspecified atom stereocenters. The molecule has 1 aromatic heterocycles. The van der Waals surface area contributed by atoms with Gasteiger partial charge in [0.2, 0.25) is 5.89 Å². The number of rotatable bonds is 3. The number of hydrogen-bond acceptors (Lipinski definition) is 5. The number of aromatic nitrogens is 2. The second kappa shape index (κ2) is 5.14. The van der Waals surface area contributed by atoms with Gasteiger partial charge in [-0.05, 0) is 44.8 Å². The quantitative estimate of drug-likeness (QED) is 0.808. The molecule has 2 fully saturated rings. The fourth-order valence-corrected chi connectivity index (χ4v) is 2.73. The van der Waals surface area contributed by atoms with Crippen molar-refractivity contribution in [3.05, 3.63) is 11.7 Å². The molecule has 0 spiro atoms. The maximum Gasteiger partial charge on any atom is 0.231 e. The van der Waals surface area contributed by atoms with Crippen LogP contribution in [-0.2, 0) is 6.42 Å². The predicted molar refractivity (Wildman–Crippen MR) is 63.8 cm³/mol. The second-order valence-electron chi connectivity index (χ2n) is 5.14. The first kappa shape index (κ1) is 11.2. The Morgan fingerprint density at radius 2 is 1.94 bits per heavy atom. The minimum absolute atomic E-state index is 0.435. The van der Waals surface area contributed by atoms with Gasteiger partial charge < -0.3 is 15.2 Å². The van der Waals surface area contributed by atoms with Crippen LogP contribution in [-0.4, -0.2) is 36.3 Å². The van der Waals surface area contributed by atoms with Crippen molar-refractivity contribution in [3.63, 3.8) is 0 Å². The zero-order valence-corrected chi connectivity index (χ0v) is 10.1. The molecule has 0 bridgehead atoms. The van der Waals surface area contributed by atoms with E-state index in [2.05, 4.69) is 20.8 Å². The molecule has 3 rings (SSSR count). The van der Waals surface area contributed by atoms with Crippen LogP contribution in [0.5, 0.6) is 0 Å². The maximum atomic E-state index is 5.37. The van der Waals surface area contributed by atoms with Gasteiger partial charge in [-0.1, -0.05) is 5.16 Å². The third kappa shape index (κ3) is 2.66. The number of hydrogen-bond donors (Lipinski definition) is 2. The summed E-state index contributed by atoms with van der Waals surface area (Å²) in [4.78, 5) is 4.55. The average Bonchev–Trinajstić information content (AvgIpc) is 3.00. The predicted octanol–water partition coefficient (Wildman–Crippen LogP) is 0.689. The third-order valence-corrected chi connectivity index (χ3v) is 3.82. The Labute approximate surface area is 101 Å². The fraction of sp³-hybridized carbons (Fsp3) is 0.833. The van der Waals surface area contributed by atoms with E-state index in [9.17, 15) is 0 Å². The second-order valence-corrected chi connectivity index (χ2v) is 5.14. The Bertz CT molecular complexity index is 353. The molecule has 0 amide bonds. The van der Waals surface area contributed by atoms with Crippen LogP contribution in [0.25, 0.3) is 0 Å². The molecule has 0 saturated carbocycles. The average molecular weight is 236 g/mol. The van der Waals surface area contributed by atoms with E-state index in [-0.39, 0.29) is 0 Å². The van der Waals surface area contributed by atoms with E-state index in [1.807, 2.05) is 0 Å². The van der Waals surface area contributed by atoms with E-state index < -0.39 is 0 Å². The highest BCUT2D eigenvalue weighted by Crippen LogP contribution is 2.22. The van der Waals surface area contributed by atoms with E-state index in [1.54, 1.807) is 0 Å². The molecule has 1 atom stereocenters. The number of nitrogens with one attached hydrogen (secondary N) is 2. The van der Waals surface area contributed by atoms with Crippen molar-refractivity contribution >= 4 is 0 Å². The third-order valence-electron chi connectivity index (χ3n) is 3.82. The SMILES string of the molecule is C1CC(Cc2noc(C3CCNC3)n2)CCN1. The van der Waals surface area contributed by atoms with Crippen molar-refractivity contribution in [1.29, 1.82) is 0 Å². The van der Waals surface area contributed by atoms with E-state index in [0.29, 0.717) is 5.92 Å². The van der Waals surface area contributed by atoms with E-state index in [4.69, 9.17) is 4.52 Å². The molecular formula is C12H20N4O. The molecule has 17 heavy (non-hydrogen) atoms. The molecule has 5 nitrogen and oxygen atoms in total. The van der Waals surface area contributed by atoms with E-state index >= 15 is 0 Å². The highest BCUT2D eigenvalue weighted by molar-refractivity contribution is 4.98. The minimum atomic E-state index is 0.435. The lowest BCUT2D eigenvalue weighted by Gasteiger charge is -2.20. The molecular weight excluding hydrogens is 216 g/mol. The highest BCUT2D eigenvalue weighted by atomic mass is 16.5. The van der Waals surface area contributed by atoms with Crippen LogP contribution < -0.4 is 10.6 Å². The molecule has 2 saturated heterocycles. The first-order valence-electron chi connectivity index (χ1n) is 6.66. The van der Waals surface area contributed by atoms with Gasteiger partial charge in [0, 0.05) is 13.0 Å². The van der Waals surface area contributed by atoms with Crippen LogP contribution in [0.3, 0.4) is 0 Å². The van der Waals surface area contributed by atoms with Gasteiger partial charge in [0.1, 0.15) is 0 Å². The summed E-state index contributed by atoms with van der Waals surface area (Å²) in [5, 5.41) is 10.8. The van der Waals surface area contributed by atoms with E-state index in [1.165, 1.54) is 12.8 Å². The summed E-state index contributed by atoms with van der Waals surface area (Å²) in [5.41, 5.74) is 0. The lowest BCUT2D eigenvalue weighted by molar-refractivity contribution is 0.339. The van der Waals surface area contributed by atoms with Crippen LogP contribution >= 0.6 is 0 Å². The lowest BCUT2D eigenvalue weighted by atomic mass is 9.94. The van der Waals surface area contributed by atoms with Gasteiger partial charge in [-0.2, -0.15) is 4.98 Å². The minimum Gasteiger partial charge on any atom is -0.339 e. The van der Waals surface area contributed by atoms with Gasteiger partial charge in [-0.25, -0.2) is 0 Å². The molecule has 0 aromatic carbocycles. The van der Waals surface area contributed by atoms with Crippen molar-refractivity contribution in [2.45, 2.75) is 31.6 Å². The summed E-state index contributed by atoms with van der Waals surface area (Å²) >= 11 is 0. The molecule has 2 aliphatic rings. The Morgan fingerprint density at radius 1 is 1.12 bits per heavy atom. The molecule has 94 valence electrons. The van der Waals surface area contributed by atoms with Crippen molar-refractivity contribution in [3.8, 4) is 0 Å². The fourth-order valence-electron chi connectivity index (χ4n) is 2.73. The van der Waals surface area contributed by atoms with Crippen molar-refractivity contribution in [2.24, 2.45) is 5.92 Å². The first-order valence-corrected chi connectivity index (χ1v) is 6.66. The Morgan fingerprint density at radius 3 is 2.71 bits per heavy atom. The van der Waals surface area contributed by atoms with Crippen molar-refractivity contribution in [2.75, 3.05) is 26.2 Å². The molecule has 0 radical (unpaired) electrons. The monoisotopic (exact) mass is 236 g/mol. The number of piperidine rings is 1. The van der Waals surface area contributed by atoms with Crippen molar-refractivity contribution in [1.82, 2.24) is 20.8 Å². The molecule has 3 heterocycles. The lowest BCUT2D eigenvalue weighted by Crippen LogP contribution is -2.28. The smallest absolute Gasteiger partial charge is 0.231 e. The Kier molecular flexibility index (Phi) is 3.38. The summed E-state index contributed by atoms with van der Waals surface area (Å²) in [6, 6.07) is 0. The summed E-state index contributed by atoms with van der Waals surface area (Å²) in [6.07, 6.45) is 4.56. The van der Waals surface area contributed by atoms with Crippen LogP contribution in [0.4, 0.5) is 0 Å². The van der Waals surface area contributed by atoms with Crippen LogP contribution in [0.1, 0.15) is 36.9 Å². The van der Waals surface area contributed by atoms with Gasteiger partial charge in [-0.15, -0.1) is 0 Å². The molecule has 1 aromatic rings. The summed E-state index contributed by atoms with van der Waals surface area (Å²) < 4.78 is 5.37. The standard InChI is InChI=1S/C12H20N4O/c1-4-13-5-2-9(1)7-11-15-12(17-16-11)10-3-6-14-8-10/h9-10,13-14H,1-8H2. The summed E-state index contributed by atoms with van der Waals surface area (Å²) in [5.74, 6) is 2.89. The van der Waals surface area contributed by atoms with Crippen LogP contribution in [0.2, 0.25) is 0 Å². The van der Waals surface area contributed by atoms with Gasteiger partial charge >= 0.3 is 0 Å². The Balaban J connectivity index is 1.59. The largest absolute Gasteiger partial charge is 0.339 e. The first-order chi connectivity index (χ1) is 8.42. The van der Waals surface area contributed by atoms with Gasteiger partial charge in [0.05, 0.1) is 5.92 Å². The summed E-state index contributed by atoms with van der Waals surface area (Å²) in [7, 11) is 0. The topological polar surface area (TPSA) is 63.0 Å². The van der Waals surface area contributed by atoms with Gasteiger partial charge in [-0.3, -0.25) is 0 Å². The molecule has 2 aliphatic heterocycles. The van der Waals surface area contributed by atoms with Crippen molar-refractivity contribution < 1.29 is 4.52 Å². The zero-order chi connectivity index (χ0) is 11.5. The van der Waals surface area contributed by atoms with Crippen LogP contribution in [0, 0.1) is 5.92 Å². The van der Waals surface area contributed by atoms with Gasteiger partial charge in [0.15, 0.2) is 5.82 Å². The molecule has 5 heteroatoms. The van der Waals surface area contributed by atoms with Crippen LogP contribution in [0.15, 0.2) is 4.52 Å². The normalized spacial score (nSPS) is 26.5. The van der Waals surface area contributed by atoms with Gasteiger partial charge in [0.25, 0.3) is 0 Å². The number of nitrogens with zero attached hydrogens (tertiary/aromatic N) is 2. The maximum absolute atomic E-state index is 5.37. The summed E-state index contributed by atoms with van der Waals surface area (Å²) in [6.45, 7) is 4.30. The highest BCUT2D eigenvalue weighted by Gasteiger charge is 2.23. The zero-order valence-electron chi connectivity index (χ0n) is 10.1. The Hall–Kier alpha value is -0.940. The van der Waals surface area contributed by atoms with E-state index in [0.717, 1.165) is 56.7 Å². The molecule has 2 N–H and O–H groups in total.